The Kier molecular flexibility index (Phi) is 6.20. The first-order valence-corrected chi connectivity index (χ1v) is 10.6. The van der Waals surface area contributed by atoms with E-state index in [1.807, 2.05) is 31.2 Å². The number of carboxylic acid groups (broad SMARTS) is 1. The van der Waals surface area contributed by atoms with Crippen LogP contribution < -0.4 is 9.64 Å². The molecule has 4 rings (SSSR count). The highest BCUT2D eigenvalue weighted by Crippen LogP contribution is 2.37. The molecule has 0 unspecified atom stereocenters. The molecule has 1 heterocycles. The molecule has 0 saturated heterocycles. The smallest absolute Gasteiger partial charge is 0.339 e. The number of hydrogen-bond acceptors (Lipinski definition) is 4. The van der Waals surface area contributed by atoms with Crippen molar-refractivity contribution in [1.82, 2.24) is 0 Å². The standard InChI is InChI=1S/C26H20ClNO5/c1-2-33-21-10-3-16(4-11-21)13-18-14-23(17-5-7-19(27)8-6-17)28(25(18)30)20-9-12-24(29)22(15-20)26(31)32/h3-15,29H,2H2,1H3,(H,31,32)/b18-13+. The molecular weight excluding hydrogens is 442 g/mol. The molecule has 7 heteroatoms. The summed E-state index contributed by atoms with van der Waals surface area (Å²) in [5.41, 5.74) is 2.57. The van der Waals surface area contributed by atoms with E-state index < -0.39 is 5.97 Å². The molecule has 2 N–H and O–H groups in total. The van der Waals surface area contributed by atoms with E-state index in [4.69, 9.17) is 16.3 Å². The van der Waals surface area contributed by atoms with Crippen LogP contribution >= 0.6 is 11.6 Å². The Morgan fingerprint density at radius 2 is 1.76 bits per heavy atom. The maximum Gasteiger partial charge on any atom is 0.339 e. The van der Waals surface area contributed by atoms with Gasteiger partial charge in [-0.2, -0.15) is 0 Å². The highest BCUT2D eigenvalue weighted by molar-refractivity contribution is 6.30. The molecule has 0 aromatic heterocycles. The average Bonchev–Trinajstić information content (AvgIpc) is 3.12. The van der Waals surface area contributed by atoms with Crippen molar-refractivity contribution in [3.63, 3.8) is 0 Å². The Morgan fingerprint density at radius 3 is 2.39 bits per heavy atom. The number of carbonyl (C=O) groups is 2. The molecule has 1 amide bonds. The number of amides is 1. The second kappa shape index (κ2) is 9.22. The molecule has 0 spiro atoms. The third-order valence-electron chi connectivity index (χ3n) is 5.11. The van der Waals surface area contributed by atoms with E-state index in [0.29, 0.717) is 28.6 Å². The fourth-order valence-corrected chi connectivity index (χ4v) is 3.67. The zero-order chi connectivity index (χ0) is 23.5. The minimum atomic E-state index is -1.29. The molecule has 33 heavy (non-hydrogen) atoms. The van der Waals surface area contributed by atoms with Crippen molar-refractivity contribution in [2.75, 3.05) is 11.5 Å². The summed E-state index contributed by atoms with van der Waals surface area (Å²) in [6, 6.07) is 18.4. The zero-order valence-corrected chi connectivity index (χ0v) is 18.4. The van der Waals surface area contributed by atoms with Gasteiger partial charge in [-0.15, -0.1) is 0 Å². The van der Waals surface area contributed by atoms with E-state index in [-0.39, 0.29) is 17.2 Å². The molecule has 0 bridgehead atoms. The number of carbonyl (C=O) groups excluding carboxylic acids is 1. The number of hydrogen-bond donors (Lipinski definition) is 2. The van der Waals surface area contributed by atoms with Gasteiger partial charge < -0.3 is 14.9 Å². The van der Waals surface area contributed by atoms with Crippen LogP contribution in [0.2, 0.25) is 5.02 Å². The normalized spacial score (nSPS) is 14.5. The lowest BCUT2D eigenvalue weighted by atomic mass is 10.1. The molecule has 3 aromatic carbocycles. The first-order valence-electron chi connectivity index (χ1n) is 10.2. The quantitative estimate of drug-likeness (QED) is 0.465. The Morgan fingerprint density at radius 1 is 1.06 bits per heavy atom. The second-order valence-electron chi connectivity index (χ2n) is 7.29. The third-order valence-corrected chi connectivity index (χ3v) is 5.36. The van der Waals surface area contributed by atoms with Gasteiger partial charge in [0.1, 0.15) is 17.1 Å². The van der Waals surface area contributed by atoms with Crippen LogP contribution in [0, 0.1) is 0 Å². The summed E-state index contributed by atoms with van der Waals surface area (Å²) >= 11 is 6.03. The first kappa shape index (κ1) is 22.2. The van der Waals surface area contributed by atoms with Crippen molar-refractivity contribution >= 4 is 40.9 Å². The lowest BCUT2D eigenvalue weighted by molar-refractivity contribution is -0.113. The van der Waals surface area contributed by atoms with Crippen LogP contribution in [-0.2, 0) is 4.79 Å². The number of aromatic carboxylic acids is 1. The SMILES string of the molecule is CCOc1ccc(/C=C2\C=C(c3ccc(Cl)cc3)N(c3ccc(O)c(C(=O)O)c3)C2=O)cc1. The average molecular weight is 462 g/mol. The Hall–Kier alpha value is -4.03. The lowest BCUT2D eigenvalue weighted by Crippen LogP contribution is -2.25. The van der Waals surface area contributed by atoms with Crippen molar-refractivity contribution in [2.24, 2.45) is 0 Å². The molecule has 0 aliphatic carbocycles. The molecule has 0 radical (unpaired) electrons. The largest absolute Gasteiger partial charge is 0.507 e. The van der Waals surface area contributed by atoms with Gasteiger partial charge in [0.05, 0.1) is 18.0 Å². The maximum absolute atomic E-state index is 13.4. The summed E-state index contributed by atoms with van der Waals surface area (Å²) in [5.74, 6) is -1.25. The monoisotopic (exact) mass is 461 g/mol. The number of nitrogens with zero attached hydrogens (tertiary/aromatic N) is 1. The van der Waals surface area contributed by atoms with Gasteiger partial charge in [0.25, 0.3) is 5.91 Å². The van der Waals surface area contributed by atoms with Crippen molar-refractivity contribution in [2.45, 2.75) is 6.92 Å². The van der Waals surface area contributed by atoms with E-state index in [1.165, 1.54) is 23.1 Å². The van der Waals surface area contributed by atoms with Gasteiger partial charge in [0.2, 0.25) is 0 Å². The van der Waals surface area contributed by atoms with Crippen LogP contribution in [0.25, 0.3) is 11.8 Å². The molecule has 6 nitrogen and oxygen atoms in total. The number of carboxylic acids is 1. The van der Waals surface area contributed by atoms with E-state index in [2.05, 4.69) is 0 Å². The van der Waals surface area contributed by atoms with Gasteiger partial charge in [-0.05, 0) is 72.7 Å². The van der Waals surface area contributed by atoms with E-state index >= 15 is 0 Å². The zero-order valence-electron chi connectivity index (χ0n) is 17.7. The van der Waals surface area contributed by atoms with Crippen LogP contribution in [0.15, 0.2) is 78.4 Å². The number of ether oxygens (including phenoxy) is 1. The minimum Gasteiger partial charge on any atom is -0.507 e. The summed E-state index contributed by atoms with van der Waals surface area (Å²) in [7, 11) is 0. The fraction of sp³-hybridized carbons (Fsp3) is 0.0769. The molecule has 0 fully saturated rings. The molecule has 3 aromatic rings. The molecule has 0 atom stereocenters. The Balaban J connectivity index is 1.79. The number of benzene rings is 3. The van der Waals surface area contributed by atoms with Crippen LogP contribution in [0.5, 0.6) is 11.5 Å². The maximum atomic E-state index is 13.4. The predicted molar refractivity (Wildman–Crippen MR) is 128 cm³/mol. The topological polar surface area (TPSA) is 87.1 Å². The van der Waals surface area contributed by atoms with Crippen molar-refractivity contribution in [3.8, 4) is 11.5 Å². The first-order chi connectivity index (χ1) is 15.9. The van der Waals surface area contributed by atoms with E-state index in [1.54, 1.807) is 36.4 Å². The van der Waals surface area contributed by atoms with Gasteiger partial charge in [0, 0.05) is 10.6 Å². The second-order valence-corrected chi connectivity index (χ2v) is 7.72. The van der Waals surface area contributed by atoms with E-state index in [9.17, 15) is 19.8 Å². The van der Waals surface area contributed by atoms with Gasteiger partial charge >= 0.3 is 5.97 Å². The number of phenols is 1. The minimum absolute atomic E-state index is 0.292. The summed E-state index contributed by atoms with van der Waals surface area (Å²) in [5, 5.41) is 19.9. The van der Waals surface area contributed by atoms with Gasteiger partial charge in [-0.25, -0.2) is 4.79 Å². The number of anilines is 1. The van der Waals surface area contributed by atoms with Crippen molar-refractivity contribution in [3.05, 3.63) is 100 Å². The Labute approximate surface area is 195 Å². The molecule has 0 saturated carbocycles. The summed E-state index contributed by atoms with van der Waals surface area (Å²) in [4.78, 5) is 26.4. The third kappa shape index (κ3) is 4.61. The summed E-state index contributed by atoms with van der Waals surface area (Å²) in [6.45, 7) is 2.47. The molecular formula is C26H20ClNO5. The fourth-order valence-electron chi connectivity index (χ4n) is 3.55. The summed E-state index contributed by atoms with van der Waals surface area (Å²) < 4.78 is 5.46. The number of aromatic hydroxyl groups is 1. The highest BCUT2D eigenvalue weighted by Gasteiger charge is 2.31. The number of halogens is 1. The summed E-state index contributed by atoms with van der Waals surface area (Å²) in [6.07, 6.45) is 3.50. The predicted octanol–water partition coefficient (Wildman–Crippen LogP) is 5.61. The highest BCUT2D eigenvalue weighted by atomic mass is 35.5. The lowest BCUT2D eigenvalue weighted by Gasteiger charge is -2.21. The van der Waals surface area contributed by atoms with Crippen molar-refractivity contribution in [1.29, 1.82) is 0 Å². The Bertz CT molecular complexity index is 1280. The van der Waals surface area contributed by atoms with Crippen LogP contribution in [0.3, 0.4) is 0 Å². The van der Waals surface area contributed by atoms with Crippen molar-refractivity contribution < 1.29 is 24.5 Å². The van der Waals surface area contributed by atoms with Crippen LogP contribution in [-0.4, -0.2) is 28.7 Å². The molecule has 1 aliphatic heterocycles. The van der Waals surface area contributed by atoms with Gasteiger partial charge in [-0.3, -0.25) is 9.69 Å². The van der Waals surface area contributed by atoms with Gasteiger partial charge in [0.15, 0.2) is 0 Å². The number of rotatable bonds is 6. The molecule has 1 aliphatic rings. The molecule has 166 valence electrons. The van der Waals surface area contributed by atoms with E-state index in [0.717, 1.165) is 16.9 Å². The van der Waals surface area contributed by atoms with Gasteiger partial charge in [-0.1, -0.05) is 35.9 Å². The van der Waals surface area contributed by atoms with Crippen LogP contribution in [0.4, 0.5) is 5.69 Å². The van der Waals surface area contributed by atoms with Crippen LogP contribution in [0.1, 0.15) is 28.4 Å².